The van der Waals surface area contributed by atoms with Gasteiger partial charge in [0.25, 0.3) is 0 Å². The summed E-state index contributed by atoms with van der Waals surface area (Å²) < 4.78 is 13.2. The second-order valence-electron chi connectivity index (χ2n) is 4.76. The zero-order chi connectivity index (χ0) is 12.6. The number of halogens is 1. The second-order valence-corrected chi connectivity index (χ2v) is 4.76. The van der Waals surface area contributed by atoms with Crippen molar-refractivity contribution in [2.75, 3.05) is 6.54 Å². The molecule has 0 aromatic heterocycles. The molecule has 1 heterocycles. The molecule has 1 aliphatic heterocycles. The summed E-state index contributed by atoms with van der Waals surface area (Å²) in [7, 11) is 0. The third-order valence-corrected chi connectivity index (χ3v) is 3.30. The molecule has 0 radical (unpaired) electrons. The first kappa shape index (κ1) is 12.0. The molecule has 1 unspecified atom stereocenters. The van der Waals surface area contributed by atoms with Gasteiger partial charge < -0.3 is 5.11 Å². The summed E-state index contributed by atoms with van der Waals surface area (Å²) in [5, 5.41) is 9.23. The van der Waals surface area contributed by atoms with Crippen molar-refractivity contribution in [3.8, 4) is 0 Å². The van der Waals surface area contributed by atoms with Gasteiger partial charge in [-0.15, -0.1) is 0 Å². The fourth-order valence-electron chi connectivity index (χ4n) is 2.27. The summed E-state index contributed by atoms with van der Waals surface area (Å²) in [6, 6.07) is 4.63. The monoisotopic (exact) mass is 237 g/mol. The molecule has 17 heavy (non-hydrogen) atoms. The van der Waals surface area contributed by atoms with E-state index in [2.05, 4.69) is 4.90 Å². The number of carboxylic acids is 1. The van der Waals surface area contributed by atoms with Crippen LogP contribution < -0.4 is 0 Å². The molecule has 3 nitrogen and oxygen atoms in total. The summed E-state index contributed by atoms with van der Waals surface area (Å²) in [4.78, 5) is 13.3. The topological polar surface area (TPSA) is 40.5 Å². The molecule has 1 N–H and O–H groups in total. The summed E-state index contributed by atoms with van der Waals surface area (Å²) in [5.74, 6) is -1.71. The van der Waals surface area contributed by atoms with Crippen LogP contribution in [0.5, 0.6) is 0 Å². The van der Waals surface area contributed by atoms with Gasteiger partial charge >= 0.3 is 5.97 Å². The zero-order valence-electron chi connectivity index (χ0n) is 9.98. The van der Waals surface area contributed by atoms with Crippen LogP contribution in [0.25, 0.3) is 0 Å². The van der Waals surface area contributed by atoms with Crippen LogP contribution in [-0.4, -0.2) is 28.6 Å². The van der Waals surface area contributed by atoms with E-state index in [9.17, 15) is 14.3 Å². The van der Waals surface area contributed by atoms with Gasteiger partial charge in [-0.3, -0.25) is 9.69 Å². The first-order valence-electron chi connectivity index (χ1n) is 5.74. The molecule has 4 heteroatoms. The molecule has 0 saturated carbocycles. The maximum atomic E-state index is 13.2. The molecular formula is C13H16FNO2. The number of benzene rings is 1. The van der Waals surface area contributed by atoms with E-state index in [0.717, 1.165) is 11.1 Å². The Hall–Kier alpha value is -1.42. The standard InChI is InChI=1S/C13H16FNO2/c1-8(2)15-6-9-5-10(14)3-4-11(9)12(7-15)13(16)17/h3-5,8,12H,6-7H2,1-2H3,(H,16,17). The van der Waals surface area contributed by atoms with Crippen molar-refractivity contribution in [1.82, 2.24) is 4.90 Å². The Balaban J connectivity index is 2.41. The molecule has 92 valence electrons. The normalized spacial score (nSPS) is 20.4. The molecule has 1 atom stereocenters. The fraction of sp³-hybridized carbons (Fsp3) is 0.462. The molecular weight excluding hydrogens is 221 g/mol. The minimum atomic E-state index is -0.844. The van der Waals surface area contributed by atoms with Gasteiger partial charge in [-0.2, -0.15) is 0 Å². The summed E-state index contributed by atoms with van der Waals surface area (Å²) in [6.45, 7) is 5.15. The Morgan fingerprint density at radius 1 is 1.53 bits per heavy atom. The van der Waals surface area contributed by atoms with E-state index in [4.69, 9.17) is 0 Å². The lowest BCUT2D eigenvalue weighted by Crippen LogP contribution is -2.40. The van der Waals surface area contributed by atoms with Gasteiger partial charge in [0.1, 0.15) is 5.82 Å². The van der Waals surface area contributed by atoms with Crippen molar-refractivity contribution in [2.45, 2.75) is 32.4 Å². The van der Waals surface area contributed by atoms with Crippen LogP contribution in [0.2, 0.25) is 0 Å². The lowest BCUT2D eigenvalue weighted by Gasteiger charge is -2.35. The Bertz CT molecular complexity index is 445. The van der Waals surface area contributed by atoms with Crippen molar-refractivity contribution in [3.05, 3.63) is 35.1 Å². The Labute approximate surface area is 99.9 Å². The van der Waals surface area contributed by atoms with Crippen molar-refractivity contribution < 1.29 is 14.3 Å². The molecule has 1 aromatic rings. The van der Waals surface area contributed by atoms with Gasteiger partial charge in [-0.05, 0) is 37.1 Å². The summed E-state index contributed by atoms with van der Waals surface area (Å²) >= 11 is 0. The van der Waals surface area contributed by atoms with Gasteiger partial charge in [0, 0.05) is 19.1 Å². The lowest BCUT2D eigenvalue weighted by molar-refractivity contribution is -0.139. The molecule has 2 rings (SSSR count). The fourth-order valence-corrected chi connectivity index (χ4v) is 2.27. The second kappa shape index (κ2) is 4.45. The van der Waals surface area contributed by atoms with Crippen LogP contribution in [0.4, 0.5) is 4.39 Å². The molecule has 0 fully saturated rings. The lowest BCUT2D eigenvalue weighted by atomic mass is 9.89. The van der Waals surface area contributed by atoms with E-state index in [1.54, 1.807) is 6.07 Å². The molecule has 0 aliphatic carbocycles. The van der Waals surface area contributed by atoms with Gasteiger partial charge in [-0.25, -0.2) is 4.39 Å². The molecule has 1 aromatic carbocycles. The van der Waals surface area contributed by atoms with E-state index in [1.165, 1.54) is 12.1 Å². The van der Waals surface area contributed by atoms with Gasteiger partial charge in [0.2, 0.25) is 0 Å². The molecule has 0 spiro atoms. The number of hydrogen-bond donors (Lipinski definition) is 1. The van der Waals surface area contributed by atoms with E-state index < -0.39 is 11.9 Å². The van der Waals surface area contributed by atoms with Gasteiger partial charge in [0.15, 0.2) is 0 Å². The predicted octanol–water partition coefficient (Wildman–Crippen LogP) is 2.22. The Kier molecular flexibility index (Phi) is 3.15. The average Bonchev–Trinajstić information content (AvgIpc) is 2.26. The van der Waals surface area contributed by atoms with Crippen molar-refractivity contribution >= 4 is 5.97 Å². The van der Waals surface area contributed by atoms with Gasteiger partial charge in [-0.1, -0.05) is 6.07 Å². The van der Waals surface area contributed by atoms with E-state index >= 15 is 0 Å². The maximum absolute atomic E-state index is 13.2. The van der Waals surface area contributed by atoms with E-state index in [0.29, 0.717) is 13.1 Å². The van der Waals surface area contributed by atoms with Crippen LogP contribution in [0.15, 0.2) is 18.2 Å². The first-order chi connectivity index (χ1) is 7.99. The highest BCUT2D eigenvalue weighted by Gasteiger charge is 2.31. The highest BCUT2D eigenvalue weighted by molar-refractivity contribution is 5.77. The molecule has 0 amide bonds. The SMILES string of the molecule is CC(C)N1Cc2cc(F)ccc2C(C(=O)O)C1. The number of fused-ring (bicyclic) bond motifs is 1. The largest absolute Gasteiger partial charge is 0.481 e. The molecule has 0 saturated heterocycles. The minimum Gasteiger partial charge on any atom is -0.481 e. The zero-order valence-corrected chi connectivity index (χ0v) is 9.98. The minimum absolute atomic E-state index is 0.258. The summed E-state index contributed by atoms with van der Waals surface area (Å²) in [6.07, 6.45) is 0. The third kappa shape index (κ3) is 2.31. The number of aliphatic carboxylic acids is 1. The number of carboxylic acid groups (broad SMARTS) is 1. The summed E-state index contributed by atoms with van der Waals surface area (Å²) in [5.41, 5.74) is 1.54. The number of nitrogens with zero attached hydrogens (tertiary/aromatic N) is 1. The Morgan fingerprint density at radius 3 is 2.82 bits per heavy atom. The first-order valence-corrected chi connectivity index (χ1v) is 5.74. The van der Waals surface area contributed by atoms with Crippen LogP contribution in [0.3, 0.4) is 0 Å². The Morgan fingerprint density at radius 2 is 2.24 bits per heavy atom. The van der Waals surface area contributed by atoms with Crippen LogP contribution in [0.1, 0.15) is 30.9 Å². The number of rotatable bonds is 2. The van der Waals surface area contributed by atoms with Crippen molar-refractivity contribution in [1.29, 1.82) is 0 Å². The smallest absolute Gasteiger partial charge is 0.312 e. The highest BCUT2D eigenvalue weighted by atomic mass is 19.1. The van der Waals surface area contributed by atoms with Crippen molar-refractivity contribution in [2.24, 2.45) is 0 Å². The van der Waals surface area contributed by atoms with Crippen molar-refractivity contribution in [3.63, 3.8) is 0 Å². The van der Waals surface area contributed by atoms with Crippen LogP contribution in [0, 0.1) is 5.82 Å². The molecule has 0 bridgehead atoms. The quantitative estimate of drug-likeness (QED) is 0.857. The average molecular weight is 237 g/mol. The number of hydrogen-bond acceptors (Lipinski definition) is 2. The van der Waals surface area contributed by atoms with Crippen LogP contribution >= 0.6 is 0 Å². The third-order valence-electron chi connectivity index (χ3n) is 3.30. The van der Waals surface area contributed by atoms with E-state index in [-0.39, 0.29) is 11.9 Å². The van der Waals surface area contributed by atoms with Crippen LogP contribution in [-0.2, 0) is 11.3 Å². The number of carbonyl (C=O) groups is 1. The van der Waals surface area contributed by atoms with E-state index in [1.807, 2.05) is 13.8 Å². The molecule has 1 aliphatic rings. The highest BCUT2D eigenvalue weighted by Crippen LogP contribution is 2.30. The van der Waals surface area contributed by atoms with Gasteiger partial charge in [0.05, 0.1) is 5.92 Å². The maximum Gasteiger partial charge on any atom is 0.312 e. The predicted molar refractivity (Wildman–Crippen MR) is 62.3 cm³/mol.